The zero-order valence-corrected chi connectivity index (χ0v) is 12.0. The molecule has 1 heterocycles. The lowest BCUT2D eigenvalue weighted by atomic mass is 10.3. The summed E-state index contributed by atoms with van der Waals surface area (Å²) in [5.74, 6) is 0.0351. The zero-order valence-electron chi connectivity index (χ0n) is 10.4. The summed E-state index contributed by atoms with van der Waals surface area (Å²) in [6, 6.07) is 4.21. The maximum absolute atomic E-state index is 12.5. The Kier molecular flexibility index (Phi) is 3.56. The van der Waals surface area contributed by atoms with Gasteiger partial charge in [-0.15, -0.1) is 0 Å². The van der Waals surface area contributed by atoms with Crippen molar-refractivity contribution in [3.05, 3.63) is 41.4 Å². The predicted molar refractivity (Wildman–Crippen MR) is 71.9 cm³/mol. The number of hydrogen-bond donors (Lipinski definition) is 1. The molecule has 0 aliphatic heterocycles. The molecule has 0 amide bonds. The van der Waals surface area contributed by atoms with Gasteiger partial charge in [0.25, 0.3) is 0 Å². The number of aryl methyl sites for hydroxylation is 1. The summed E-state index contributed by atoms with van der Waals surface area (Å²) in [5, 5.41) is 8.85. The van der Waals surface area contributed by atoms with Crippen molar-refractivity contribution >= 4 is 21.4 Å². The van der Waals surface area contributed by atoms with E-state index in [0.29, 0.717) is 5.82 Å². The van der Waals surface area contributed by atoms with Crippen molar-refractivity contribution in [1.29, 1.82) is 0 Å². The van der Waals surface area contributed by atoms with E-state index in [1.807, 2.05) is 0 Å². The molecule has 0 radical (unpaired) electrons. The van der Waals surface area contributed by atoms with E-state index in [1.54, 1.807) is 17.8 Å². The Hall–Kier alpha value is -1.53. The third-order valence-corrected chi connectivity index (χ3v) is 5.49. The fraction of sp³-hybridized carbons (Fsp3) is 0.250. The number of phenols is 1. The van der Waals surface area contributed by atoms with Crippen LogP contribution in [0.5, 0.6) is 5.75 Å². The predicted octanol–water partition coefficient (Wildman–Crippen LogP) is 2.31. The molecule has 1 atom stereocenters. The molecule has 0 bridgehead atoms. The number of rotatable bonds is 3. The summed E-state index contributed by atoms with van der Waals surface area (Å²) < 4.78 is 26.7. The largest absolute Gasteiger partial charge is 0.507 e. The number of halogens is 1. The van der Waals surface area contributed by atoms with E-state index in [4.69, 9.17) is 11.6 Å². The molecule has 102 valence electrons. The number of aromatic hydroxyl groups is 1. The second-order valence-corrected chi connectivity index (χ2v) is 6.78. The van der Waals surface area contributed by atoms with Crippen LogP contribution in [0.1, 0.15) is 18.0 Å². The Bertz CT molecular complexity index is 689. The fourth-order valence-corrected chi connectivity index (χ4v) is 3.91. The van der Waals surface area contributed by atoms with Gasteiger partial charge >= 0.3 is 0 Å². The summed E-state index contributed by atoms with van der Waals surface area (Å²) in [4.78, 5) is 3.77. The van der Waals surface area contributed by atoms with Crippen molar-refractivity contribution in [2.75, 3.05) is 0 Å². The second-order valence-electron chi connectivity index (χ2n) is 4.17. The van der Waals surface area contributed by atoms with Crippen LogP contribution in [0.4, 0.5) is 0 Å². The van der Waals surface area contributed by atoms with E-state index in [1.165, 1.54) is 31.3 Å². The highest BCUT2D eigenvalue weighted by atomic mass is 35.5. The first-order chi connectivity index (χ1) is 8.85. The van der Waals surface area contributed by atoms with E-state index in [0.717, 1.165) is 0 Å². The van der Waals surface area contributed by atoms with Gasteiger partial charge in [0, 0.05) is 19.4 Å². The molecule has 7 heteroatoms. The maximum atomic E-state index is 12.5. The smallest absolute Gasteiger partial charge is 0.193 e. The first-order valence-electron chi connectivity index (χ1n) is 5.54. The van der Waals surface area contributed by atoms with E-state index in [-0.39, 0.29) is 15.7 Å². The molecule has 1 N–H and O–H groups in total. The number of hydrogen-bond acceptors (Lipinski definition) is 4. The maximum Gasteiger partial charge on any atom is 0.193 e. The molecule has 0 aliphatic carbocycles. The standard InChI is InChI=1S/C12H13ClN2O3S/c1-8(12-14-6-7-15(12)2)19(17,18)11-9(13)4-3-5-10(11)16/h3-8,16H,1-2H3. The van der Waals surface area contributed by atoms with Gasteiger partial charge in [0.05, 0.1) is 5.02 Å². The Morgan fingerprint density at radius 3 is 2.63 bits per heavy atom. The van der Waals surface area contributed by atoms with Gasteiger partial charge in [-0.05, 0) is 19.1 Å². The molecule has 19 heavy (non-hydrogen) atoms. The molecule has 0 saturated heterocycles. The lowest BCUT2D eigenvalue weighted by Gasteiger charge is -2.15. The van der Waals surface area contributed by atoms with E-state index in [2.05, 4.69) is 4.98 Å². The lowest BCUT2D eigenvalue weighted by molar-refractivity contribution is 0.458. The molecule has 1 unspecified atom stereocenters. The van der Waals surface area contributed by atoms with Crippen LogP contribution < -0.4 is 0 Å². The van der Waals surface area contributed by atoms with Crippen molar-refractivity contribution < 1.29 is 13.5 Å². The minimum Gasteiger partial charge on any atom is -0.507 e. The Labute approximate surface area is 116 Å². The third-order valence-electron chi connectivity index (χ3n) is 2.92. The van der Waals surface area contributed by atoms with Gasteiger partial charge in [-0.1, -0.05) is 17.7 Å². The number of phenolic OH excluding ortho intramolecular Hbond substituents is 1. The van der Waals surface area contributed by atoms with Gasteiger partial charge in [0.15, 0.2) is 9.84 Å². The van der Waals surface area contributed by atoms with Crippen LogP contribution in [0.25, 0.3) is 0 Å². The average molecular weight is 301 g/mol. The normalized spacial score (nSPS) is 13.4. The van der Waals surface area contributed by atoms with Gasteiger partial charge < -0.3 is 9.67 Å². The van der Waals surface area contributed by atoms with Crippen LogP contribution in [0.3, 0.4) is 0 Å². The first kappa shape index (κ1) is 13.9. The van der Waals surface area contributed by atoms with Gasteiger partial charge in [0.1, 0.15) is 21.7 Å². The highest BCUT2D eigenvalue weighted by Gasteiger charge is 2.32. The highest BCUT2D eigenvalue weighted by Crippen LogP contribution is 2.37. The Balaban J connectivity index is 2.58. The van der Waals surface area contributed by atoms with E-state index >= 15 is 0 Å². The molecule has 5 nitrogen and oxygen atoms in total. The van der Waals surface area contributed by atoms with Crippen molar-refractivity contribution in [1.82, 2.24) is 9.55 Å². The monoisotopic (exact) mass is 300 g/mol. The van der Waals surface area contributed by atoms with E-state index in [9.17, 15) is 13.5 Å². The summed E-state index contributed by atoms with van der Waals surface area (Å²) >= 11 is 5.89. The summed E-state index contributed by atoms with van der Waals surface area (Å²) in [5.41, 5.74) is 0. The van der Waals surface area contributed by atoms with Crippen LogP contribution in [-0.2, 0) is 16.9 Å². The van der Waals surface area contributed by atoms with Crippen molar-refractivity contribution in [2.45, 2.75) is 17.1 Å². The molecule has 2 rings (SSSR count). The minimum atomic E-state index is -3.81. The summed E-state index contributed by atoms with van der Waals surface area (Å²) in [7, 11) is -2.10. The van der Waals surface area contributed by atoms with E-state index < -0.39 is 15.1 Å². The van der Waals surface area contributed by atoms with Gasteiger partial charge in [-0.3, -0.25) is 0 Å². The molecule has 0 saturated carbocycles. The molecule has 0 spiro atoms. The van der Waals surface area contributed by atoms with Gasteiger partial charge in [-0.2, -0.15) is 0 Å². The van der Waals surface area contributed by atoms with Crippen LogP contribution in [0, 0.1) is 0 Å². The summed E-state index contributed by atoms with van der Waals surface area (Å²) in [6.07, 6.45) is 3.18. The van der Waals surface area contributed by atoms with Gasteiger partial charge in [-0.25, -0.2) is 13.4 Å². The topological polar surface area (TPSA) is 72.2 Å². The average Bonchev–Trinajstić information content (AvgIpc) is 2.73. The van der Waals surface area contributed by atoms with Crippen LogP contribution in [0.15, 0.2) is 35.5 Å². The second kappa shape index (κ2) is 4.86. The molecule has 1 aromatic carbocycles. The molecular formula is C12H13ClN2O3S. The van der Waals surface area contributed by atoms with Gasteiger partial charge in [0.2, 0.25) is 0 Å². The van der Waals surface area contributed by atoms with Crippen molar-refractivity contribution in [2.24, 2.45) is 7.05 Å². The fourth-order valence-electron chi connectivity index (χ4n) is 1.86. The SMILES string of the molecule is CC(c1nccn1C)S(=O)(=O)c1c(O)cccc1Cl. The van der Waals surface area contributed by atoms with Crippen LogP contribution >= 0.6 is 11.6 Å². The Morgan fingerprint density at radius 1 is 1.42 bits per heavy atom. The number of aromatic nitrogens is 2. The number of benzene rings is 1. The van der Waals surface area contributed by atoms with Crippen molar-refractivity contribution in [3.8, 4) is 5.75 Å². The number of imidazole rings is 1. The van der Waals surface area contributed by atoms with Crippen molar-refractivity contribution in [3.63, 3.8) is 0 Å². The molecule has 0 fully saturated rings. The zero-order chi connectivity index (χ0) is 14.2. The lowest BCUT2D eigenvalue weighted by Crippen LogP contribution is -2.15. The molecule has 0 aliphatic rings. The van der Waals surface area contributed by atoms with Crippen LogP contribution in [-0.4, -0.2) is 23.1 Å². The minimum absolute atomic E-state index is 0.000981. The van der Waals surface area contributed by atoms with Crippen LogP contribution in [0.2, 0.25) is 5.02 Å². The number of nitrogens with zero attached hydrogens (tertiary/aromatic N) is 2. The molecular weight excluding hydrogens is 288 g/mol. The third kappa shape index (κ3) is 2.33. The Morgan fingerprint density at radius 2 is 2.11 bits per heavy atom. The first-order valence-corrected chi connectivity index (χ1v) is 7.46. The molecule has 2 aromatic rings. The quantitative estimate of drug-likeness (QED) is 0.944. The highest BCUT2D eigenvalue weighted by molar-refractivity contribution is 7.91. The molecule has 1 aromatic heterocycles. The number of sulfone groups is 1. The summed E-state index contributed by atoms with van der Waals surface area (Å²) in [6.45, 7) is 1.51.